The third kappa shape index (κ3) is 3.71. The van der Waals surface area contributed by atoms with E-state index in [1.54, 1.807) is 0 Å². The van der Waals surface area contributed by atoms with E-state index >= 15 is 0 Å². The highest BCUT2D eigenvalue weighted by molar-refractivity contribution is 5.81. The van der Waals surface area contributed by atoms with E-state index in [1.807, 2.05) is 35.2 Å². The molecule has 1 aromatic carbocycles. The van der Waals surface area contributed by atoms with E-state index in [9.17, 15) is 4.79 Å². The number of amides is 1. The van der Waals surface area contributed by atoms with Gasteiger partial charge in [0.25, 0.3) is 5.89 Å². The molecule has 0 N–H and O–H groups in total. The molecule has 1 unspecified atom stereocenters. The minimum Gasteiger partial charge on any atom is -0.451 e. The lowest BCUT2D eigenvalue weighted by Gasteiger charge is -2.44. The Morgan fingerprint density at radius 3 is 2.93 bits per heavy atom. The van der Waals surface area contributed by atoms with E-state index in [4.69, 9.17) is 8.83 Å². The second-order valence-corrected chi connectivity index (χ2v) is 8.28. The van der Waals surface area contributed by atoms with E-state index < -0.39 is 0 Å². The number of nitrogens with zero attached hydrogens (tertiary/aromatic N) is 3. The highest BCUT2D eigenvalue weighted by atomic mass is 16.4. The van der Waals surface area contributed by atoms with Gasteiger partial charge in [0, 0.05) is 31.3 Å². The zero-order chi connectivity index (χ0) is 19.7. The number of likely N-dealkylation sites (tertiary alicyclic amines) is 1. The lowest BCUT2D eigenvalue weighted by Crippen LogP contribution is -2.46. The first-order valence-corrected chi connectivity index (χ1v) is 10.4. The molecule has 5 rings (SSSR count). The fourth-order valence-corrected chi connectivity index (χ4v) is 4.65. The van der Waals surface area contributed by atoms with Crippen molar-refractivity contribution in [3.63, 3.8) is 0 Å². The number of allylic oxidation sites excluding steroid dienone is 2. The smallest absolute Gasteiger partial charge is 0.283 e. The first kappa shape index (κ1) is 18.2. The van der Waals surface area contributed by atoms with Crippen LogP contribution in [0.1, 0.15) is 44.4 Å². The summed E-state index contributed by atoms with van der Waals surface area (Å²) in [5.74, 6) is 1.57. The number of aryl methyl sites for hydroxylation is 1. The van der Waals surface area contributed by atoms with Gasteiger partial charge in [-0.05, 0) is 49.7 Å². The Labute approximate surface area is 169 Å². The molecule has 2 aliphatic rings. The topological polar surface area (TPSA) is 72.4 Å². The van der Waals surface area contributed by atoms with E-state index in [0.29, 0.717) is 35.8 Å². The zero-order valence-corrected chi connectivity index (χ0v) is 16.5. The summed E-state index contributed by atoms with van der Waals surface area (Å²) in [4.78, 5) is 14.8. The van der Waals surface area contributed by atoms with Crippen LogP contribution in [0.15, 0.2) is 51.3 Å². The summed E-state index contributed by atoms with van der Waals surface area (Å²) >= 11 is 0. The van der Waals surface area contributed by atoms with Gasteiger partial charge in [-0.2, -0.15) is 0 Å². The Morgan fingerprint density at radius 1 is 1.14 bits per heavy atom. The van der Waals surface area contributed by atoms with Crippen LogP contribution >= 0.6 is 0 Å². The van der Waals surface area contributed by atoms with Crippen LogP contribution in [-0.2, 0) is 11.2 Å². The fourth-order valence-electron chi connectivity index (χ4n) is 4.65. The van der Waals surface area contributed by atoms with E-state index in [1.165, 1.54) is 12.8 Å². The SMILES string of the molecule is O=C(CCc1nnc(-c2cc3ccccc3o2)o1)N1CCCC2(CC=CCC2)C1. The predicted octanol–water partition coefficient (Wildman–Crippen LogP) is 4.76. The Balaban J connectivity index is 1.21. The summed E-state index contributed by atoms with van der Waals surface area (Å²) in [5, 5.41) is 9.20. The van der Waals surface area contributed by atoms with Gasteiger partial charge in [0.2, 0.25) is 11.8 Å². The Kier molecular flexibility index (Phi) is 4.70. The summed E-state index contributed by atoms with van der Waals surface area (Å²) in [7, 11) is 0. The van der Waals surface area contributed by atoms with Crippen molar-refractivity contribution in [2.75, 3.05) is 13.1 Å². The lowest BCUT2D eigenvalue weighted by molar-refractivity contribution is -0.135. The standard InChI is InChI=1S/C23H25N3O3/c27-21(26-14-6-13-23(16-26)11-4-1-5-12-23)10-9-20-24-25-22(29-20)19-15-17-7-2-3-8-18(17)28-19/h1-4,7-8,15H,5-6,9-14,16H2. The number of hydrogen-bond donors (Lipinski definition) is 0. The molecule has 6 heteroatoms. The highest BCUT2D eigenvalue weighted by Gasteiger charge is 2.36. The van der Waals surface area contributed by atoms with Gasteiger partial charge in [0.05, 0.1) is 0 Å². The minimum absolute atomic E-state index is 0.183. The summed E-state index contributed by atoms with van der Waals surface area (Å²) in [6.07, 6.45) is 11.1. The van der Waals surface area contributed by atoms with Gasteiger partial charge in [0.1, 0.15) is 5.58 Å². The van der Waals surface area contributed by atoms with Crippen LogP contribution in [-0.4, -0.2) is 34.1 Å². The quantitative estimate of drug-likeness (QED) is 0.599. The fraction of sp³-hybridized carbons (Fsp3) is 0.435. The molecule has 2 aromatic heterocycles. The van der Waals surface area contributed by atoms with Crippen molar-refractivity contribution >= 4 is 16.9 Å². The third-order valence-corrected chi connectivity index (χ3v) is 6.23. The molecule has 6 nitrogen and oxygen atoms in total. The van der Waals surface area contributed by atoms with Crippen LogP contribution < -0.4 is 0 Å². The summed E-state index contributed by atoms with van der Waals surface area (Å²) < 4.78 is 11.5. The molecular weight excluding hydrogens is 366 g/mol. The van der Waals surface area contributed by atoms with Gasteiger partial charge < -0.3 is 13.7 Å². The van der Waals surface area contributed by atoms with Crippen LogP contribution in [0.3, 0.4) is 0 Å². The van der Waals surface area contributed by atoms with Gasteiger partial charge in [-0.1, -0.05) is 30.4 Å². The molecule has 1 fully saturated rings. The minimum atomic E-state index is 0.183. The van der Waals surface area contributed by atoms with Crippen LogP contribution in [0.25, 0.3) is 22.6 Å². The van der Waals surface area contributed by atoms with Gasteiger partial charge in [-0.3, -0.25) is 4.79 Å². The summed E-state index contributed by atoms with van der Waals surface area (Å²) in [6.45, 7) is 1.74. The molecule has 1 amide bonds. The van der Waals surface area contributed by atoms with Gasteiger partial charge in [-0.15, -0.1) is 10.2 Å². The van der Waals surface area contributed by atoms with Crippen molar-refractivity contribution in [1.82, 2.24) is 15.1 Å². The summed E-state index contributed by atoms with van der Waals surface area (Å²) in [5.41, 5.74) is 1.08. The first-order chi connectivity index (χ1) is 14.2. The molecule has 3 heterocycles. The van der Waals surface area contributed by atoms with E-state index in [-0.39, 0.29) is 5.91 Å². The third-order valence-electron chi connectivity index (χ3n) is 6.23. The monoisotopic (exact) mass is 391 g/mol. The molecule has 29 heavy (non-hydrogen) atoms. The first-order valence-electron chi connectivity index (χ1n) is 10.4. The largest absolute Gasteiger partial charge is 0.451 e. The van der Waals surface area contributed by atoms with Crippen molar-refractivity contribution < 1.29 is 13.6 Å². The highest BCUT2D eigenvalue weighted by Crippen LogP contribution is 2.40. The van der Waals surface area contributed by atoms with Crippen LogP contribution in [0.2, 0.25) is 0 Å². The molecule has 0 radical (unpaired) electrons. The van der Waals surface area contributed by atoms with Gasteiger partial charge >= 0.3 is 0 Å². The number of fused-ring (bicyclic) bond motifs is 1. The molecule has 0 saturated carbocycles. The molecule has 1 atom stereocenters. The molecule has 0 bridgehead atoms. The average molecular weight is 391 g/mol. The van der Waals surface area contributed by atoms with Crippen molar-refractivity contribution in [2.45, 2.75) is 44.9 Å². The number of carbonyl (C=O) groups is 1. The number of benzene rings is 1. The molecule has 1 aliphatic heterocycles. The van der Waals surface area contributed by atoms with Crippen LogP contribution in [0, 0.1) is 5.41 Å². The maximum atomic E-state index is 12.8. The summed E-state index contributed by atoms with van der Waals surface area (Å²) in [6, 6.07) is 9.66. The normalized spacial score (nSPS) is 21.9. The average Bonchev–Trinajstić information content (AvgIpc) is 3.39. The van der Waals surface area contributed by atoms with Crippen LogP contribution in [0.4, 0.5) is 0 Å². The predicted molar refractivity (Wildman–Crippen MR) is 109 cm³/mol. The number of piperidine rings is 1. The van der Waals surface area contributed by atoms with E-state index in [2.05, 4.69) is 22.3 Å². The molecule has 1 spiro atoms. The Hall–Kier alpha value is -2.89. The second kappa shape index (κ2) is 7.50. The molecule has 1 saturated heterocycles. The molecule has 3 aromatic rings. The van der Waals surface area contributed by atoms with Crippen molar-refractivity contribution in [1.29, 1.82) is 0 Å². The number of rotatable bonds is 4. The number of aromatic nitrogens is 2. The number of carbonyl (C=O) groups excluding carboxylic acids is 1. The number of furan rings is 1. The Morgan fingerprint density at radius 2 is 2.07 bits per heavy atom. The zero-order valence-electron chi connectivity index (χ0n) is 16.5. The van der Waals surface area contributed by atoms with Gasteiger partial charge in [-0.25, -0.2) is 0 Å². The number of para-hydroxylation sites is 1. The molecular formula is C23H25N3O3. The lowest BCUT2D eigenvalue weighted by atomic mass is 9.71. The van der Waals surface area contributed by atoms with E-state index in [0.717, 1.165) is 43.3 Å². The second-order valence-electron chi connectivity index (χ2n) is 8.28. The maximum absolute atomic E-state index is 12.8. The Bertz CT molecular complexity index is 1020. The molecule has 150 valence electrons. The molecule has 1 aliphatic carbocycles. The van der Waals surface area contributed by atoms with Gasteiger partial charge in [0.15, 0.2) is 5.76 Å². The number of hydrogen-bond acceptors (Lipinski definition) is 5. The van der Waals surface area contributed by atoms with Crippen molar-refractivity contribution in [2.24, 2.45) is 5.41 Å². The van der Waals surface area contributed by atoms with Crippen molar-refractivity contribution in [3.8, 4) is 11.7 Å². The maximum Gasteiger partial charge on any atom is 0.283 e. The van der Waals surface area contributed by atoms with Crippen molar-refractivity contribution in [3.05, 3.63) is 48.4 Å². The van der Waals surface area contributed by atoms with Crippen LogP contribution in [0.5, 0.6) is 0 Å².